The van der Waals surface area contributed by atoms with Gasteiger partial charge in [-0.05, 0) is 13.8 Å². The van der Waals surface area contributed by atoms with Gasteiger partial charge in [0.2, 0.25) is 11.8 Å². The molecule has 0 atom stereocenters. The Morgan fingerprint density at radius 3 is 2.36 bits per heavy atom. The molecule has 0 unspecified atom stereocenters. The van der Waals surface area contributed by atoms with Crippen LogP contribution < -0.4 is 10.6 Å². The molecule has 22 heavy (non-hydrogen) atoms. The molecule has 0 bridgehead atoms. The fourth-order valence-electron chi connectivity index (χ4n) is 1.56. The Kier molecular flexibility index (Phi) is 3.94. The van der Waals surface area contributed by atoms with Crippen LogP contribution in [0.5, 0.6) is 0 Å². The summed E-state index contributed by atoms with van der Waals surface area (Å²) in [5.74, 6) is -0.519. The van der Waals surface area contributed by atoms with Crippen LogP contribution >= 0.6 is 0 Å². The first-order valence-corrected chi connectivity index (χ1v) is 6.16. The largest absolute Gasteiger partial charge is 0.421 e. The van der Waals surface area contributed by atoms with Crippen LogP contribution in [0, 0.1) is 0 Å². The summed E-state index contributed by atoms with van der Waals surface area (Å²) in [4.78, 5) is 7.25. The summed E-state index contributed by atoms with van der Waals surface area (Å²) < 4.78 is 56.7. The Bertz CT molecular complexity index is 662. The van der Waals surface area contributed by atoms with Crippen molar-refractivity contribution in [3.8, 4) is 0 Å². The normalized spacial score (nSPS) is 12.3. The molecule has 0 aliphatic carbocycles. The molecule has 0 spiro atoms. The van der Waals surface area contributed by atoms with E-state index in [1.165, 1.54) is 27.0 Å². The van der Waals surface area contributed by atoms with E-state index >= 15 is 0 Å². The molecule has 2 aromatic rings. The second-order valence-electron chi connectivity index (χ2n) is 4.88. The van der Waals surface area contributed by atoms with Crippen LogP contribution in [0.25, 0.3) is 0 Å². The highest BCUT2D eigenvalue weighted by atomic mass is 19.4. The molecule has 2 heterocycles. The number of nitrogens with zero attached hydrogens (tertiary/aromatic N) is 3. The first-order chi connectivity index (χ1) is 10.1. The van der Waals surface area contributed by atoms with Crippen molar-refractivity contribution < 1.29 is 22.1 Å². The number of anilines is 3. The van der Waals surface area contributed by atoms with Crippen molar-refractivity contribution in [1.29, 1.82) is 0 Å². The first-order valence-electron chi connectivity index (χ1n) is 6.16. The molecule has 0 saturated carbocycles. The van der Waals surface area contributed by atoms with Crippen molar-refractivity contribution in [2.24, 2.45) is 0 Å². The second-order valence-corrected chi connectivity index (χ2v) is 4.88. The molecule has 0 aromatic carbocycles. The highest BCUT2D eigenvalue weighted by Gasteiger charge is 2.35. The van der Waals surface area contributed by atoms with Crippen LogP contribution in [0.2, 0.25) is 0 Å². The van der Waals surface area contributed by atoms with E-state index in [1.54, 1.807) is 0 Å². The molecular formula is C12H13F4N5O. The van der Waals surface area contributed by atoms with Gasteiger partial charge < -0.3 is 9.84 Å². The van der Waals surface area contributed by atoms with Crippen LogP contribution in [0.4, 0.5) is 35.2 Å². The molecule has 2 N–H and O–H groups in total. The van der Waals surface area contributed by atoms with Gasteiger partial charge in [-0.2, -0.15) is 18.2 Å². The molecule has 0 aliphatic heterocycles. The monoisotopic (exact) mass is 319 g/mol. The lowest BCUT2D eigenvalue weighted by atomic mass is 10.1. The van der Waals surface area contributed by atoms with Crippen molar-refractivity contribution in [2.75, 3.05) is 17.7 Å². The zero-order valence-corrected chi connectivity index (χ0v) is 11.9. The van der Waals surface area contributed by atoms with E-state index in [-0.39, 0.29) is 17.5 Å². The Morgan fingerprint density at radius 2 is 1.86 bits per heavy atom. The minimum atomic E-state index is -4.57. The zero-order chi connectivity index (χ0) is 16.5. The van der Waals surface area contributed by atoms with Crippen LogP contribution in [-0.4, -0.2) is 22.2 Å². The predicted octanol–water partition coefficient (Wildman–Crippen LogP) is 3.47. The summed E-state index contributed by atoms with van der Waals surface area (Å²) in [5, 5.41) is 8.38. The van der Waals surface area contributed by atoms with Crippen molar-refractivity contribution in [3.63, 3.8) is 0 Å². The van der Waals surface area contributed by atoms with Gasteiger partial charge in [-0.15, -0.1) is 0 Å². The smallest absolute Gasteiger partial charge is 0.372 e. The van der Waals surface area contributed by atoms with Gasteiger partial charge in [-0.1, -0.05) is 5.16 Å². The number of alkyl halides is 4. The number of rotatable bonds is 4. The molecule has 2 aromatic heterocycles. The van der Waals surface area contributed by atoms with Crippen LogP contribution in [-0.2, 0) is 11.8 Å². The Hall–Kier alpha value is -2.39. The van der Waals surface area contributed by atoms with Gasteiger partial charge >= 0.3 is 6.18 Å². The Morgan fingerprint density at radius 1 is 1.18 bits per heavy atom. The van der Waals surface area contributed by atoms with E-state index in [0.29, 0.717) is 6.20 Å². The Balaban J connectivity index is 2.26. The van der Waals surface area contributed by atoms with E-state index in [2.05, 4.69) is 25.8 Å². The number of nitrogens with one attached hydrogen (secondary N) is 2. The van der Waals surface area contributed by atoms with Crippen molar-refractivity contribution in [3.05, 3.63) is 23.5 Å². The van der Waals surface area contributed by atoms with Gasteiger partial charge in [0.25, 0.3) is 0 Å². The summed E-state index contributed by atoms with van der Waals surface area (Å²) >= 11 is 0. The maximum absolute atomic E-state index is 13.7. The third-order valence-corrected chi connectivity index (χ3v) is 2.69. The van der Waals surface area contributed by atoms with E-state index in [1.807, 2.05) is 0 Å². The lowest BCUT2D eigenvalue weighted by Gasteiger charge is -2.12. The lowest BCUT2D eigenvalue weighted by Crippen LogP contribution is -2.12. The van der Waals surface area contributed by atoms with Crippen molar-refractivity contribution in [2.45, 2.75) is 25.7 Å². The first kappa shape index (κ1) is 16.0. The van der Waals surface area contributed by atoms with Gasteiger partial charge in [0.05, 0.1) is 0 Å². The van der Waals surface area contributed by atoms with E-state index in [4.69, 9.17) is 4.52 Å². The fourth-order valence-corrected chi connectivity index (χ4v) is 1.56. The van der Waals surface area contributed by atoms with Crippen LogP contribution in [0.3, 0.4) is 0 Å². The molecule has 120 valence electrons. The average Bonchev–Trinajstić information content (AvgIpc) is 2.85. The quantitative estimate of drug-likeness (QED) is 0.840. The molecule has 0 aliphatic rings. The number of hydrogen-bond acceptors (Lipinski definition) is 6. The van der Waals surface area contributed by atoms with E-state index in [9.17, 15) is 17.6 Å². The summed E-state index contributed by atoms with van der Waals surface area (Å²) in [5.41, 5.74) is -2.67. The van der Waals surface area contributed by atoms with E-state index < -0.39 is 23.2 Å². The molecule has 0 radical (unpaired) electrons. The van der Waals surface area contributed by atoms with Crippen LogP contribution in [0.1, 0.15) is 25.1 Å². The van der Waals surface area contributed by atoms with Gasteiger partial charge in [0.15, 0.2) is 5.67 Å². The molecule has 2 rings (SSSR count). The lowest BCUT2D eigenvalue weighted by molar-refractivity contribution is -0.137. The van der Waals surface area contributed by atoms with Crippen molar-refractivity contribution >= 4 is 17.7 Å². The highest BCUT2D eigenvalue weighted by molar-refractivity contribution is 5.52. The van der Waals surface area contributed by atoms with Crippen molar-refractivity contribution in [1.82, 2.24) is 15.1 Å². The van der Waals surface area contributed by atoms with Crippen LogP contribution in [0.15, 0.2) is 16.8 Å². The summed E-state index contributed by atoms with van der Waals surface area (Å²) in [6.07, 6.45) is -3.94. The summed E-state index contributed by atoms with van der Waals surface area (Å²) in [6.45, 7) is 2.59. The maximum Gasteiger partial charge on any atom is 0.421 e. The molecule has 0 amide bonds. The average molecular weight is 319 g/mol. The third kappa shape index (κ3) is 3.43. The van der Waals surface area contributed by atoms with E-state index in [0.717, 1.165) is 0 Å². The van der Waals surface area contributed by atoms with Gasteiger partial charge in [-0.3, -0.25) is 5.32 Å². The standard InChI is InChI=1S/C12H13F4N5O/c1-11(2,13)7-4-8(22-21-7)19-10-18-5-6(12(14,15)16)9(17-3)20-10/h4-5H,1-3H3,(H2,17,18,19,20). The number of halogens is 4. The maximum atomic E-state index is 13.7. The summed E-state index contributed by atoms with van der Waals surface area (Å²) in [6, 6.07) is 1.28. The predicted molar refractivity (Wildman–Crippen MR) is 70.5 cm³/mol. The third-order valence-electron chi connectivity index (χ3n) is 2.69. The van der Waals surface area contributed by atoms with Gasteiger partial charge in [0, 0.05) is 19.3 Å². The SMILES string of the molecule is CNc1nc(Nc2cc(C(C)(C)F)no2)ncc1C(F)(F)F. The second kappa shape index (κ2) is 5.43. The molecule has 0 saturated heterocycles. The topological polar surface area (TPSA) is 75.9 Å². The number of aromatic nitrogens is 3. The highest BCUT2D eigenvalue weighted by Crippen LogP contribution is 2.34. The minimum Gasteiger partial charge on any atom is -0.372 e. The molecule has 10 heteroatoms. The number of hydrogen-bond donors (Lipinski definition) is 2. The fraction of sp³-hybridized carbons (Fsp3) is 0.417. The molecule has 6 nitrogen and oxygen atoms in total. The molecular weight excluding hydrogens is 306 g/mol. The Labute approximate surface area is 122 Å². The zero-order valence-electron chi connectivity index (χ0n) is 11.9. The van der Waals surface area contributed by atoms with Gasteiger partial charge in [0.1, 0.15) is 17.1 Å². The molecule has 0 fully saturated rings. The summed E-state index contributed by atoms with van der Waals surface area (Å²) in [7, 11) is 1.31. The minimum absolute atomic E-state index is 0.0162. The van der Waals surface area contributed by atoms with Gasteiger partial charge in [-0.25, -0.2) is 9.37 Å².